The highest BCUT2D eigenvalue weighted by Crippen LogP contribution is 2.24. The van der Waals surface area contributed by atoms with Crippen molar-refractivity contribution in [2.24, 2.45) is 22.8 Å². The highest BCUT2D eigenvalue weighted by atomic mass is 19.1. The molecule has 1 aromatic rings. The number of nitrogens with one attached hydrogen (secondary N) is 2. The fourth-order valence-corrected chi connectivity index (χ4v) is 3.47. The van der Waals surface area contributed by atoms with E-state index in [9.17, 15) is 8.78 Å². The first-order valence-electron chi connectivity index (χ1n) is 11.0. The summed E-state index contributed by atoms with van der Waals surface area (Å²) < 4.78 is 28.2. The second-order valence-electron chi connectivity index (χ2n) is 9.16. The maximum Gasteiger partial charge on any atom is 0.135 e. The zero-order valence-electron chi connectivity index (χ0n) is 19.7. The Labute approximate surface area is 186 Å². The standard InChI is InChI=1S/C25H40F2N4/c1-7-18(15-21(28)23-19(26)11-9-12-20(23)27)24(29)17(3)22(16-30-8-2)31-14-10-13-25(4,5)6/h8-9,11-12,15,17,22,30-31H,2,7,10,13-14,16,28-29H2,1,3-6H3/b21-15-,24-18-. The molecule has 4 nitrogen and oxygen atoms in total. The van der Waals surface area contributed by atoms with Gasteiger partial charge in [-0.15, -0.1) is 0 Å². The molecule has 1 aromatic carbocycles. The minimum Gasteiger partial charge on any atom is -0.402 e. The fourth-order valence-electron chi connectivity index (χ4n) is 3.47. The molecule has 0 bridgehead atoms. The van der Waals surface area contributed by atoms with Gasteiger partial charge in [0.25, 0.3) is 0 Å². The van der Waals surface area contributed by atoms with Crippen molar-refractivity contribution in [3.05, 3.63) is 65.5 Å². The Morgan fingerprint density at radius 1 is 1.19 bits per heavy atom. The van der Waals surface area contributed by atoms with E-state index in [0.29, 0.717) is 24.1 Å². The van der Waals surface area contributed by atoms with Gasteiger partial charge in [0, 0.05) is 29.9 Å². The van der Waals surface area contributed by atoms with Crippen molar-refractivity contribution in [1.82, 2.24) is 10.6 Å². The lowest BCUT2D eigenvalue weighted by molar-refractivity contribution is 0.341. The van der Waals surface area contributed by atoms with Gasteiger partial charge in [-0.05, 0) is 61.2 Å². The van der Waals surface area contributed by atoms with Crippen LogP contribution in [0.2, 0.25) is 0 Å². The lowest BCUT2D eigenvalue weighted by Crippen LogP contribution is -2.44. The van der Waals surface area contributed by atoms with Crippen LogP contribution in [0.15, 0.2) is 48.3 Å². The van der Waals surface area contributed by atoms with Crippen molar-refractivity contribution >= 4 is 5.70 Å². The summed E-state index contributed by atoms with van der Waals surface area (Å²) in [6.07, 6.45) is 6.03. The van der Waals surface area contributed by atoms with Crippen molar-refractivity contribution in [2.45, 2.75) is 59.9 Å². The molecule has 0 spiro atoms. The van der Waals surface area contributed by atoms with Crippen LogP contribution in [0.3, 0.4) is 0 Å². The molecule has 0 aliphatic carbocycles. The monoisotopic (exact) mass is 434 g/mol. The zero-order valence-corrected chi connectivity index (χ0v) is 19.7. The quantitative estimate of drug-likeness (QED) is 0.275. The van der Waals surface area contributed by atoms with Crippen LogP contribution < -0.4 is 22.1 Å². The summed E-state index contributed by atoms with van der Waals surface area (Å²) in [4.78, 5) is 0. The first kappa shape index (κ1) is 26.7. The van der Waals surface area contributed by atoms with Gasteiger partial charge in [-0.2, -0.15) is 0 Å². The molecule has 0 aliphatic heterocycles. The Hall–Kier alpha value is -2.34. The van der Waals surface area contributed by atoms with Crippen LogP contribution in [0.5, 0.6) is 0 Å². The summed E-state index contributed by atoms with van der Waals surface area (Å²) in [6, 6.07) is 3.77. The molecule has 0 fully saturated rings. The Kier molecular flexibility index (Phi) is 10.8. The number of halogens is 2. The van der Waals surface area contributed by atoms with Gasteiger partial charge in [0.2, 0.25) is 0 Å². The first-order valence-corrected chi connectivity index (χ1v) is 11.0. The molecule has 1 rings (SSSR count). The maximum absolute atomic E-state index is 14.1. The van der Waals surface area contributed by atoms with Crippen molar-refractivity contribution in [3.63, 3.8) is 0 Å². The predicted molar refractivity (Wildman–Crippen MR) is 128 cm³/mol. The Morgan fingerprint density at radius 3 is 2.32 bits per heavy atom. The van der Waals surface area contributed by atoms with Gasteiger partial charge in [0.05, 0.1) is 5.56 Å². The van der Waals surface area contributed by atoms with Crippen LogP contribution in [0, 0.1) is 23.0 Å². The van der Waals surface area contributed by atoms with E-state index < -0.39 is 11.6 Å². The smallest absolute Gasteiger partial charge is 0.135 e. The lowest BCUT2D eigenvalue weighted by atomic mass is 9.90. The van der Waals surface area contributed by atoms with E-state index in [-0.39, 0.29) is 23.2 Å². The van der Waals surface area contributed by atoms with Crippen LogP contribution in [0.4, 0.5) is 8.78 Å². The minimum atomic E-state index is -0.690. The van der Waals surface area contributed by atoms with Gasteiger partial charge >= 0.3 is 0 Å². The molecule has 2 unspecified atom stereocenters. The van der Waals surface area contributed by atoms with Crippen molar-refractivity contribution in [2.75, 3.05) is 13.1 Å². The van der Waals surface area contributed by atoms with Gasteiger partial charge < -0.3 is 22.1 Å². The highest BCUT2D eigenvalue weighted by Gasteiger charge is 2.21. The molecule has 0 saturated carbocycles. The minimum absolute atomic E-state index is 0.0217. The molecule has 0 amide bonds. The molecule has 6 N–H and O–H groups in total. The Morgan fingerprint density at radius 2 is 1.81 bits per heavy atom. The summed E-state index contributed by atoms with van der Waals surface area (Å²) in [5, 5.41) is 6.76. The number of benzene rings is 1. The molecule has 0 radical (unpaired) electrons. The van der Waals surface area contributed by atoms with Crippen LogP contribution in [0.1, 0.15) is 59.4 Å². The van der Waals surface area contributed by atoms with E-state index in [1.165, 1.54) is 18.2 Å². The van der Waals surface area contributed by atoms with E-state index in [2.05, 4.69) is 38.0 Å². The van der Waals surface area contributed by atoms with Gasteiger partial charge in [0.1, 0.15) is 11.6 Å². The highest BCUT2D eigenvalue weighted by molar-refractivity contribution is 5.66. The van der Waals surface area contributed by atoms with Gasteiger partial charge in [-0.3, -0.25) is 0 Å². The van der Waals surface area contributed by atoms with Gasteiger partial charge in [-0.25, -0.2) is 8.78 Å². The molecule has 0 heterocycles. The maximum atomic E-state index is 14.1. The van der Waals surface area contributed by atoms with Crippen molar-refractivity contribution < 1.29 is 8.78 Å². The molecule has 2 atom stereocenters. The second kappa shape index (κ2) is 12.5. The normalized spacial score (nSPS) is 15.3. The third kappa shape index (κ3) is 8.74. The van der Waals surface area contributed by atoms with Crippen LogP contribution in [0.25, 0.3) is 5.70 Å². The molecular weight excluding hydrogens is 394 g/mol. The lowest BCUT2D eigenvalue weighted by Gasteiger charge is -2.28. The first-order chi connectivity index (χ1) is 14.5. The number of rotatable bonds is 12. The van der Waals surface area contributed by atoms with Gasteiger partial charge in [0.15, 0.2) is 0 Å². The summed E-state index contributed by atoms with van der Waals surface area (Å²) >= 11 is 0. The Bertz CT molecular complexity index is 758. The van der Waals surface area contributed by atoms with Crippen LogP contribution in [-0.4, -0.2) is 19.1 Å². The number of hydrogen-bond acceptors (Lipinski definition) is 4. The molecule has 31 heavy (non-hydrogen) atoms. The summed E-state index contributed by atoms with van der Waals surface area (Å²) in [5.74, 6) is -1.40. The molecule has 0 aromatic heterocycles. The largest absolute Gasteiger partial charge is 0.402 e. The molecule has 0 aliphatic rings. The van der Waals surface area contributed by atoms with E-state index in [4.69, 9.17) is 11.5 Å². The van der Waals surface area contributed by atoms with E-state index >= 15 is 0 Å². The summed E-state index contributed by atoms with van der Waals surface area (Å²) in [7, 11) is 0. The molecule has 174 valence electrons. The average molecular weight is 435 g/mol. The van der Waals surface area contributed by atoms with Crippen LogP contribution >= 0.6 is 0 Å². The van der Waals surface area contributed by atoms with Crippen molar-refractivity contribution in [1.29, 1.82) is 0 Å². The third-order valence-corrected chi connectivity index (χ3v) is 5.42. The molecular formula is C25H40F2N4. The predicted octanol–water partition coefficient (Wildman–Crippen LogP) is 5.04. The average Bonchev–Trinajstić information content (AvgIpc) is 2.69. The van der Waals surface area contributed by atoms with Crippen molar-refractivity contribution in [3.8, 4) is 0 Å². The molecule has 0 saturated heterocycles. The van der Waals surface area contributed by atoms with E-state index in [0.717, 1.165) is 25.0 Å². The van der Waals surface area contributed by atoms with E-state index in [1.54, 1.807) is 12.3 Å². The number of hydrogen-bond donors (Lipinski definition) is 4. The molecule has 6 heteroatoms. The Balaban J connectivity index is 3.08. The fraction of sp³-hybridized carbons (Fsp3) is 0.520. The summed E-state index contributed by atoms with van der Waals surface area (Å²) in [5.41, 5.74) is 14.1. The topological polar surface area (TPSA) is 76.1 Å². The number of allylic oxidation sites excluding steroid dienone is 2. The van der Waals surface area contributed by atoms with Gasteiger partial charge in [-0.1, -0.05) is 47.3 Å². The SMILES string of the molecule is C=CNCC(NCCCC(C)(C)C)C(C)/C(N)=C(/C=C(\N)c1c(F)cccc1F)CC. The van der Waals surface area contributed by atoms with Crippen LogP contribution in [-0.2, 0) is 0 Å². The number of nitrogens with two attached hydrogens (primary N) is 2. The zero-order chi connectivity index (χ0) is 23.6. The van der Waals surface area contributed by atoms with E-state index in [1.807, 2.05) is 13.8 Å². The summed E-state index contributed by atoms with van der Waals surface area (Å²) in [6.45, 7) is 16.0. The third-order valence-electron chi connectivity index (χ3n) is 5.42. The second-order valence-corrected chi connectivity index (χ2v) is 9.16.